The molecule has 0 fully saturated rings. The number of benzene rings is 1. The lowest BCUT2D eigenvalue weighted by Gasteiger charge is -2.03. The van der Waals surface area contributed by atoms with Gasteiger partial charge in [-0.1, -0.05) is 6.07 Å². The van der Waals surface area contributed by atoms with Crippen molar-refractivity contribution in [3.8, 4) is 5.75 Å². The average Bonchev–Trinajstić information content (AvgIpc) is 3.00. The first-order valence-electron chi connectivity index (χ1n) is 7.44. The number of thiazole rings is 1. The minimum absolute atomic E-state index is 0.0932. The van der Waals surface area contributed by atoms with Crippen LogP contribution in [0.3, 0.4) is 0 Å². The Kier molecular flexibility index (Phi) is 7.15. The predicted molar refractivity (Wildman–Crippen MR) is 101 cm³/mol. The molecule has 0 spiro atoms. The molecule has 1 aromatic carbocycles. The van der Waals surface area contributed by atoms with Crippen LogP contribution >= 0.6 is 27.3 Å². The molecule has 0 bridgehead atoms. The Morgan fingerprint density at radius 3 is 2.88 bits per heavy atom. The van der Waals surface area contributed by atoms with Crippen LogP contribution in [0, 0.1) is 0 Å². The Hall–Kier alpha value is -2.19. The zero-order chi connectivity index (χ0) is 18.2. The number of hydrogen-bond donors (Lipinski definition) is 1. The van der Waals surface area contributed by atoms with Gasteiger partial charge in [-0.25, -0.2) is 4.98 Å². The first kappa shape index (κ1) is 19.1. The van der Waals surface area contributed by atoms with Gasteiger partial charge >= 0.3 is 5.97 Å². The van der Waals surface area contributed by atoms with Crippen molar-refractivity contribution < 1.29 is 19.1 Å². The number of amides is 1. The Bertz CT molecular complexity index is 789. The van der Waals surface area contributed by atoms with E-state index in [1.165, 1.54) is 17.4 Å². The number of aromatic nitrogens is 1. The Labute approximate surface area is 158 Å². The molecule has 0 aliphatic rings. The standard InChI is InChI=1S/C17H17BrN2O4S/c1-3-24-16(22)9-12-10-25-17(19-12)20-15(21)7-5-11-4-6-14(23-2)13(18)8-11/h4-8,10H,3,9H2,1-2H3,(H,19,20,21)/b7-5+. The van der Waals surface area contributed by atoms with E-state index in [1.807, 2.05) is 18.2 Å². The topological polar surface area (TPSA) is 77.5 Å². The summed E-state index contributed by atoms with van der Waals surface area (Å²) in [4.78, 5) is 27.6. The third kappa shape index (κ3) is 5.99. The summed E-state index contributed by atoms with van der Waals surface area (Å²) in [5, 5.41) is 4.82. The molecule has 0 radical (unpaired) electrons. The van der Waals surface area contributed by atoms with Gasteiger partial charge in [0.25, 0.3) is 0 Å². The number of halogens is 1. The molecule has 132 valence electrons. The van der Waals surface area contributed by atoms with Gasteiger partial charge in [-0.15, -0.1) is 11.3 Å². The molecule has 1 N–H and O–H groups in total. The van der Waals surface area contributed by atoms with Crippen LogP contribution in [0.5, 0.6) is 5.75 Å². The minimum atomic E-state index is -0.337. The van der Waals surface area contributed by atoms with Crippen molar-refractivity contribution in [1.82, 2.24) is 4.98 Å². The number of nitrogens with zero attached hydrogens (tertiary/aromatic N) is 1. The average molecular weight is 425 g/mol. The number of carbonyl (C=O) groups excluding carboxylic acids is 2. The lowest BCUT2D eigenvalue weighted by molar-refractivity contribution is -0.142. The van der Waals surface area contributed by atoms with Gasteiger partial charge in [-0.2, -0.15) is 0 Å². The van der Waals surface area contributed by atoms with Gasteiger partial charge in [0.2, 0.25) is 5.91 Å². The predicted octanol–water partition coefficient (Wildman–Crippen LogP) is 3.67. The zero-order valence-corrected chi connectivity index (χ0v) is 16.1. The fourth-order valence-electron chi connectivity index (χ4n) is 1.91. The number of rotatable bonds is 7. The van der Waals surface area contributed by atoms with Crippen LogP contribution < -0.4 is 10.1 Å². The number of ether oxygens (including phenoxy) is 2. The van der Waals surface area contributed by atoms with E-state index < -0.39 is 0 Å². The number of carbonyl (C=O) groups is 2. The molecule has 0 atom stereocenters. The summed E-state index contributed by atoms with van der Waals surface area (Å²) < 4.78 is 10.8. The highest BCUT2D eigenvalue weighted by molar-refractivity contribution is 9.10. The van der Waals surface area contributed by atoms with Crippen LogP contribution in [0.25, 0.3) is 6.08 Å². The summed E-state index contributed by atoms with van der Waals surface area (Å²) in [7, 11) is 1.59. The summed E-state index contributed by atoms with van der Waals surface area (Å²) in [6.07, 6.45) is 3.20. The molecular weight excluding hydrogens is 408 g/mol. The molecule has 0 saturated heterocycles. The lowest BCUT2D eigenvalue weighted by atomic mass is 10.2. The molecule has 6 nitrogen and oxygen atoms in total. The van der Waals surface area contributed by atoms with E-state index in [-0.39, 0.29) is 18.3 Å². The fraction of sp³-hybridized carbons (Fsp3) is 0.235. The van der Waals surface area contributed by atoms with Gasteiger partial charge < -0.3 is 9.47 Å². The number of methoxy groups -OCH3 is 1. The Morgan fingerprint density at radius 2 is 2.20 bits per heavy atom. The van der Waals surface area contributed by atoms with E-state index in [0.29, 0.717) is 17.4 Å². The number of esters is 1. The largest absolute Gasteiger partial charge is 0.496 e. The van der Waals surface area contributed by atoms with Crippen molar-refractivity contribution in [1.29, 1.82) is 0 Å². The molecule has 2 aromatic rings. The molecule has 25 heavy (non-hydrogen) atoms. The van der Waals surface area contributed by atoms with Gasteiger partial charge in [0.15, 0.2) is 5.13 Å². The molecule has 1 amide bonds. The first-order chi connectivity index (χ1) is 12.0. The van der Waals surface area contributed by atoms with E-state index in [9.17, 15) is 9.59 Å². The van der Waals surface area contributed by atoms with Gasteiger partial charge in [-0.05, 0) is 46.6 Å². The number of anilines is 1. The number of hydrogen-bond acceptors (Lipinski definition) is 6. The third-order valence-corrected chi connectivity index (χ3v) is 4.44. The molecule has 2 rings (SSSR count). The highest BCUT2D eigenvalue weighted by atomic mass is 79.9. The molecule has 8 heteroatoms. The van der Waals surface area contributed by atoms with Crippen molar-refractivity contribution in [3.05, 3.63) is 45.4 Å². The SMILES string of the molecule is CCOC(=O)Cc1csc(NC(=O)/C=C/c2ccc(OC)c(Br)c2)n1. The smallest absolute Gasteiger partial charge is 0.311 e. The second-order valence-electron chi connectivity index (χ2n) is 4.84. The Morgan fingerprint density at radius 1 is 1.40 bits per heavy atom. The summed E-state index contributed by atoms with van der Waals surface area (Å²) >= 11 is 4.65. The van der Waals surface area contributed by atoms with Gasteiger partial charge in [-0.3, -0.25) is 14.9 Å². The highest BCUT2D eigenvalue weighted by Crippen LogP contribution is 2.26. The van der Waals surface area contributed by atoms with Crippen LogP contribution in [0.2, 0.25) is 0 Å². The van der Waals surface area contributed by atoms with Crippen molar-refractivity contribution in [3.63, 3.8) is 0 Å². The van der Waals surface area contributed by atoms with Crippen LogP contribution in [0.4, 0.5) is 5.13 Å². The zero-order valence-electron chi connectivity index (χ0n) is 13.7. The molecule has 0 saturated carbocycles. The fourth-order valence-corrected chi connectivity index (χ4v) is 3.18. The summed E-state index contributed by atoms with van der Waals surface area (Å²) in [5.41, 5.74) is 1.42. The second kappa shape index (κ2) is 9.33. The van der Waals surface area contributed by atoms with E-state index in [4.69, 9.17) is 9.47 Å². The van der Waals surface area contributed by atoms with E-state index in [0.717, 1.165) is 15.8 Å². The summed E-state index contributed by atoms with van der Waals surface area (Å²) in [5.74, 6) is 0.0816. The summed E-state index contributed by atoms with van der Waals surface area (Å²) in [6.45, 7) is 2.08. The molecule has 0 aliphatic carbocycles. The van der Waals surface area contributed by atoms with Crippen LogP contribution in [0.1, 0.15) is 18.2 Å². The second-order valence-corrected chi connectivity index (χ2v) is 6.55. The Balaban J connectivity index is 1.93. The van der Waals surface area contributed by atoms with Crippen molar-refractivity contribution in [2.24, 2.45) is 0 Å². The molecular formula is C17H17BrN2O4S. The minimum Gasteiger partial charge on any atom is -0.496 e. The highest BCUT2D eigenvalue weighted by Gasteiger charge is 2.09. The van der Waals surface area contributed by atoms with Crippen molar-refractivity contribution in [2.75, 3.05) is 19.0 Å². The number of nitrogens with one attached hydrogen (secondary N) is 1. The first-order valence-corrected chi connectivity index (χ1v) is 9.11. The normalized spacial score (nSPS) is 10.7. The summed E-state index contributed by atoms with van der Waals surface area (Å²) in [6, 6.07) is 5.50. The van der Waals surface area contributed by atoms with Crippen LogP contribution in [-0.2, 0) is 20.7 Å². The molecule has 1 aromatic heterocycles. The quantitative estimate of drug-likeness (QED) is 0.541. The molecule has 0 unspecified atom stereocenters. The maximum atomic E-state index is 12.0. The lowest BCUT2D eigenvalue weighted by Crippen LogP contribution is -2.09. The van der Waals surface area contributed by atoms with Gasteiger partial charge in [0.1, 0.15) is 5.75 Å². The van der Waals surface area contributed by atoms with E-state index in [2.05, 4.69) is 26.2 Å². The third-order valence-electron chi connectivity index (χ3n) is 3.02. The maximum absolute atomic E-state index is 12.0. The molecule has 0 aliphatic heterocycles. The van der Waals surface area contributed by atoms with E-state index in [1.54, 1.807) is 25.5 Å². The van der Waals surface area contributed by atoms with E-state index >= 15 is 0 Å². The monoisotopic (exact) mass is 424 g/mol. The van der Waals surface area contributed by atoms with Crippen molar-refractivity contribution in [2.45, 2.75) is 13.3 Å². The van der Waals surface area contributed by atoms with Gasteiger partial charge in [0, 0.05) is 11.5 Å². The van der Waals surface area contributed by atoms with Crippen molar-refractivity contribution >= 4 is 50.4 Å². The van der Waals surface area contributed by atoms with Gasteiger partial charge in [0.05, 0.1) is 30.3 Å². The molecule has 1 heterocycles. The van der Waals surface area contributed by atoms with Crippen LogP contribution in [0.15, 0.2) is 34.1 Å². The maximum Gasteiger partial charge on any atom is 0.311 e. The van der Waals surface area contributed by atoms with Crippen LogP contribution in [-0.4, -0.2) is 30.6 Å².